The smallest absolute Gasteiger partial charge is 0.410 e. The Morgan fingerprint density at radius 1 is 1.00 bits per heavy atom. The van der Waals surface area contributed by atoms with Gasteiger partial charge in [0.1, 0.15) is 6.61 Å². The van der Waals surface area contributed by atoms with Gasteiger partial charge in [-0.25, -0.2) is 9.59 Å². The monoisotopic (exact) mass is 442 g/mol. The molecular formula is C27H26N2O4. The molecule has 1 aliphatic rings. The van der Waals surface area contributed by atoms with E-state index in [9.17, 15) is 9.59 Å². The first-order valence-electron chi connectivity index (χ1n) is 10.9. The topological polar surface area (TPSA) is 68.7 Å². The number of aromatic nitrogens is 1. The van der Waals surface area contributed by atoms with Gasteiger partial charge in [-0.1, -0.05) is 54.6 Å². The molecule has 0 saturated heterocycles. The SMILES string of the molecule is COC(=O)c1ccc([C@@H]2C=C(c3cccc(C)n3)CCN2C(=O)OCc2ccccc2)cc1. The number of aryl methyl sites for hydroxylation is 1. The molecule has 0 spiro atoms. The Morgan fingerprint density at radius 3 is 2.45 bits per heavy atom. The third-order valence-electron chi connectivity index (χ3n) is 5.65. The predicted molar refractivity (Wildman–Crippen MR) is 125 cm³/mol. The first-order chi connectivity index (χ1) is 16.0. The second-order valence-electron chi connectivity index (χ2n) is 7.90. The van der Waals surface area contributed by atoms with Crippen LogP contribution in [0.25, 0.3) is 5.57 Å². The van der Waals surface area contributed by atoms with E-state index in [2.05, 4.69) is 11.1 Å². The van der Waals surface area contributed by atoms with Crippen molar-refractivity contribution in [3.05, 3.63) is 107 Å². The quantitative estimate of drug-likeness (QED) is 0.499. The molecule has 33 heavy (non-hydrogen) atoms. The zero-order valence-electron chi connectivity index (χ0n) is 18.7. The fourth-order valence-corrected chi connectivity index (χ4v) is 3.90. The van der Waals surface area contributed by atoms with Crippen molar-refractivity contribution in [1.82, 2.24) is 9.88 Å². The Labute approximate surface area is 193 Å². The molecule has 6 nitrogen and oxygen atoms in total. The maximum atomic E-state index is 13.1. The fourth-order valence-electron chi connectivity index (χ4n) is 3.90. The molecule has 0 aliphatic carbocycles. The predicted octanol–water partition coefficient (Wildman–Crippen LogP) is 5.34. The summed E-state index contributed by atoms with van der Waals surface area (Å²) in [5.41, 5.74) is 5.19. The number of ether oxygens (including phenoxy) is 2. The molecule has 3 aromatic rings. The van der Waals surface area contributed by atoms with Gasteiger partial charge in [0, 0.05) is 12.2 Å². The van der Waals surface area contributed by atoms with E-state index in [1.807, 2.05) is 67.6 Å². The van der Waals surface area contributed by atoms with Gasteiger partial charge in [-0.3, -0.25) is 9.88 Å². The first kappa shape index (κ1) is 22.3. The van der Waals surface area contributed by atoms with E-state index in [-0.39, 0.29) is 18.7 Å². The fraction of sp³-hybridized carbons (Fsp3) is 0.222. The van der Waals surface area contributed by atoms with Crippen LogP contribution in [0.5, 0.6) is 0 Å². The van der Waals surface area contributed by atoms with Crippen LogP contribution in [-0.2, 0) is 16.1 Å². The molecule has 0 radical (unpaired) electrons. The number of benzene rings is 2. The van der Waals surface area contributed by atoms with Crippen molar-refractivity contribution in [2.45, 2.75) is 26.0 Å². The number of methoxy groups -OCH3 is 1. The van der Waals surface area contributed by atoms with Gasteiger partial charge >= 0.3 is 12.1 Å². The third kappa shape index (κ3) is 5.29. The minimum absolute atomic E-state index is 0.209. The summed E-state index contributed by atoms with van der Waals surface area (Å²) in [6.45, 7) is 2.67. The van der Waals surface area contributed by atoms with Gasteiger partial charge in [0.05, 0.1) is 24.4 Å². The molecule has 0 saturated carbocycles. The number of rotatable bonds is 5. The molecular weight excluding hydrogens is 416 g/mol. The summed E-state index contributed by atoms with van der Waals surface area (Å²) in [5.74, 6) is -0.399. The molecule has 2 aromatic carbocycles. The molecule has 4 rings (SSSR count). The van der Waals surface area contributed by atoms with Crippen LogP contribution in [-0.4, -0.2) is 35.6 Å². The van der Waals surface area contributed by atoms with Gasteiger partial charge in [0.25, 0.3) is 0 Å². The molecule has 1 amide bonds. The van der Waals surface area contributed by atoms with E-state index < -0.39 is 5.97 Å². The molecule has 1 atom stereocenters. The zero-order valence-corrected chi connectivity index (χ0v) is 18.7. The average molecular weight is 443 g/mol. The molecule has 1 aromatic heterocycles. The number of amides is 1. The van der Waals surface area contributed by atoms with Crippen molar-refractivity contribution in [3.8, 4) is 0 Å². The van der Waals surface area contributed by atoms with Crippen molar-refractivity contribution in [2.24, 2.45) is 0 Å². The van der Waals surface area contributed by atoms with Crippen LogP contribution in [0.2, 0.25) is 0 Å². The van der Waals surface area contributed by atoms with E-state index in [1.165, 1.54) is 7.11 Å². The average Bonchev–Trinajstić information content (AvgIpc) is 2.87. The molecule has 0 N–H and O–H groups in total. The van der Waals surface area contributed by atoms with Gasteiger partial charge in [0.15, 0.2) is 0 Å². The van der Waals surface area contributed by atoms with Crippen LogP contribution < -0.4 is 0 Å². The van der Waals surface area contributed by atoms with Gasteiger partial charge in [-0.2, -0.15) is 0 Å². The number of carbonyl (C=O) groups is 2. The van der Waals surface area contributed by atoms with Crippen molar-refractivity contribution in [1.29, 1.82) is 0 Å². The number of pyridine rings is 1. The largest absolute Gasteiger partial charge is 0.465 e. The Balaban J connectivity index is 1.62. The standard InChI is InChI=1S/C27H26N2O4/c1-19-7-6-10-24(28-19)23-15-16-29(27(31)33-18-20-8-4-3-5-9-20)25(17-23)21-11-13-22(14-12-21)26(30)32-2/h3-14,17,25H,15-16,18H2,1-2H3/t25-/m0/s1. The minimum Gasteiger partial charge on any atom is -0.465 e. The highest BCUT2D eigenvalue weighted by atomic mass is 16.6. The van der Waals surface area contributed by atoms with E-state index in [4.69, 9.17) is 9.47 Å². The Kier molecular flexibility index (Phi) is 6.83. The highest BCUT2D eigenvalue weighted by Gasteiger charge is 2.30. The van der Waals surface area contributed by atoms with Crippen molar-refractivity contribution >= 4 is 17.6 Å². The van der Waals surface area contributed by atoms with Gasteiger partial charge in [-0.15, -0.1) is 0 Å². The summed E-state index contributed by atoms with van der Waals surface area (Å²) in [6.07, 6.45) is 2.35. The summed E-state index contributed by atoms with van der Waals surface area (Å²) >= 11 is 0. The maximum absolute atomic E-state index is 13.1. The first-order valence-corrected chi connectivity index (χ1v) is 10.9. The lowest BCUT2D eigenvalue weighted by atomic mass is 9.94. The second-order valence-corrected chi connectivity index (χ2v) is 7.90. The molecule has 0 unspecified atom stereocenters. The lowest BCUT2D eigenvalue weighted by Gasteiger charge is -2.34. The Morgan fingerprint density at radius 2 is 1.76 bits per heavy atom. The number of hydrogen-bond donors (Lipinski definition) is 0. The van der Waals surface area contributed by atoms with Crippen LogP contribution in [0.3, 0.4) is 0 Å². The zero-order chi connectivity index (χ0) is 23.2. The lowest BCUT2D eigenvalue weighted by molar-refractivity contribution is 0.0600. The normalized spacial score (nSPS) is 15.5. The number of nitrogens with zero attached hydrogens (tertiary/aromatic N) is 2. The van der Waals surface area contributed by atoms with Gasteiger partial charge in [-0.05, 0) is 54.3 Å². The highest BCUT2D eigenvalue weighted by Crippen LogP contribution is 2.34. The van der Waals surface area contributed by atoms with Crippen LogP contribution in [0.1, 0.15) is 45.3 Å². The molecule has 1 aliphatic heterocycles. The highest BCUT2D eigenvalue weighted by molar-refractivity contribution is 5.89. The van der Waals surface area contributed by atoms with Gasteiger partial charge in [0.2, 0.25) is 0 Å². The Bertz CT molecular complexity index is 1160. The molecule has 0 bridgehead atoms. The summed E-state index contributed by atoms with van der Waals surface area (Å²) < 4.78 is 10.4. The van der Waals surface area contributed by atoms with Crippen LogP contribution in [0.4, 0.5) is 4.79 Å². The Hall–Kier alpha value is -3.93. The molecule has 2 heterocycles. The second kappa shape index (κ2) is 10.1. The van der Waals surface area contributed by atoms with Crippen LogP contribution >= 0.6 is 0 Å². The van der Waals surface area contributed by atoms with Crippen LogP contribution in [0, 0.1) is 6.92 Å². The maximum Gasteiger partial charge on any atom is 0.410 e. The van der Waals surface area contributed by atoms with Crippen molar-refractivity contribution < 1.29 is 19.1 Å². The molecule has 6 heteroatoms. The van der Waals surface area contributed by atoms with E-state index in [0.717, 1.165) is 28.1 Å². The molecule has 0 fully saturated rings. The number of hydrogen-bond acceptors (Lipinski definition) is 5. The van der Waals surface area contributed by atoms with Gasteiger partial charge < -0.3 is 9.47 Å². The summed E-state index contributed by atoms with van der Waals surface area (Å²) in [6, 6.07) is 22.3. The minimum atomic E-state index is -0.399. The summed E-state index contributed by atoms with van der Waals surface area (Å²) in [5, 5.41) is 0. The van der Waals surface area contributed by atoms with Crippen molar-refractivity contribution in [3.63, 3.8) is 0 Å². The lowest BCUT2D eigenvalue weighted by Crippen LogP contribution is -2.37. The number of esters is 1. The van der Waals surface area contributed by atoms with E-state index in [1.54, 1.807) is 17.0 Å². The third-order valence-corrected chi connectivity index (χ3v) is 5.65. The van der Waals surface area contributed by atoms with Crippen molar-refractivity contribution in [2.75, 3.05) is 13.7 Å². The van der Waals surface area contributed by atoms with E-state index >= 15 is 0 Å². The van der Waals surface area contributed by atoms with E-state index in [0.29, 0.717) is 18.5 Å². The van der Waals surface area contributed by atoms with Crippen LogP contribution in [0.15, 0.2) is 78.9 Å². The molecule has 168 valence electrons. The summed E-state index contributed by atoms with van der Waals surface area (Å²) in [4.78, 5) is 31.3. The summed E-state index contributed by atoms with van der Waals surface area (Å²) in [7, 11) is 1.35. The number of carbonyl (C=O) groups excluding carboxylic acids is 2.